The minimum atomic E-state index is -3.70. The summed E-state index contributed by atoms with van der Waals surface area (Å²) in [5, 5.41) is 0. The van der Waals surface area contributed by atoms with E-state index >= 15 is 0 Å². The highest BCUT2D eigenvalue weighted by Gasteiger charge is 2.35. The van der Waals surface area contributed by atoms with E-state index in [9.17, 15) is 22.0 Å². The van der Waals surface area contributed by atoms with E-state index in [1.165, 1.54) is 4.90 Å². The van der Waals surface area contributed by atoms with E-state index in [2.05, 4.69) is 0 Å². The molecule has 1 heterocycles. The molecule has 8 heteroatoms. The maximum atomic E-state index is 13.7. The van der Waals surface area contributed by atoms with Crippen LogP contribution in [0.1, 0.15) is 24.9 Å². The topological polar surface area (TPSA) is 54.5 Å². The summed E-state index contributed by atoms with van der Waals surface area (Å²) in [7, 11) is 1.48. The minimum absolute atomic E-state index is 0.0349. The second kappa shape index (κ2) is 5.88. The summed E-state index contributed by atoms with van der Waals surface area (Å²) in [6, 6.07) is 2.37. The van der Waals surface area contributed by atoms with Crippen molar-refractivity contribution in [3.63, 3.8) is 0 Å². The average molecular weight is 338 g/mol. The van der Waals surface area contributed by atoms with Gasteiger partial charge in [-0.2, -0.15) is 0 Å². The first-order valence-corrected chi connectivity index (χ1v) is 8.82. The second-order valence-electron chi connectivity index (χ2n) is 5.16. The molecule has 1 fully saturated rings. The van der Waals surface area contributed by atoms with Crippen molar-refractivity contribution < 1.29 is 22.0 Å². The molecule has 21 heavy (non-hydrogen) atoms. The van der Waals surface area contributed by atoms with Gasteiger partial charge in [0.05, 0.1) is 11.8 Å². The quantitative estimate of drug-likeness (QED) is 0.793. The largest absolute Gasteiger partial charge is 0.335 e. The molecule has 0 saturated carbocycles. The molecule has 2 rings (SSSR count). The number of amides is 1. The first-order chi connectivity index (χ1) is 9.67. The van der Waals surface area contributed by atoms with Crippen molar-refractivity contribution in [2.45, 2.75) is 19.4 Å². The highest BCUT2D eigenvalue weighted by atomic mass is 35.7. The minimum Gasteiger partial charge on any atom is -0.335 e. The summed E-state index contributed by atoms with van der Waals surface area (Å²) in [5.74, 6) is -2.24. The molecule has 2 atom stereocenters. The zero-order valence-electron chi connectivity index (χ0n) is 11.2. The second-order valence-corrected chi connectivity index (χ2v) is 7.99. The Morgan fingerprint density at radius 3 is 2.71 bits per heavy atom. The van der Waals surface area contributed by atoms with Gasteiger partial charge in [0, 0.05) is 35.1 Å². The number of rotatable bonds is 4. The van der Waals surface area contributed by atoms with Crippen molar-refractivity contribution in [3.05, 3.63) is 35.4 Å². The number of carbonyl (C=O) groups is 1. The molecular weight excluding hydrogens is 324 g/mol. The number of halogens is 3. The lowest BCUT2D eigenvalue weighted by Crippen LogP contribution is -2.29. The molecule has 1 aromatic rings. The van der Waals surface area contributed by atoms with Crippen LogP contribution in [0.2, 0.25) is 0 Å². The Morgan fingerprint density at radius 1 is 1.43 bits per heavy atom. The number of benzene rings is 1. The van der Waals surface area contributed by atoms with Crippen LogP contribution in [0.15, 0.2) is 18.2 Å². The van der Waals surface area contributed by atoms with Crippen LogP contribution < -0.4 is 0 Å². The Kier molecular flexibility index (Phi) is 4.53. The lowest BCUT2D eigenvalue weighted by atomic mass is 10.1. The van der Waals surface area contributed by atoms with Crippen LogP contribution in [0.25, 0.3) is 0 Å². The number of nitrogens with zero attached hydrogens (tertiary/aromatic N) is 1. The van der Waals surface area contributed by atoms with Crippen molar-refractivity contribution >= 4 is 25.6 Å². The predicted octanol–water partition coefficient (Wildman–Crippen LogP) is 2.44. The summed E-state index contributed by atoms with van der Waals surface area (Å²) >= 11 is 0. The van der Waals surface area contributed by atoms with Gasteiger partial charge in [0.15, 0.2) is 0 Å². The normalized spacial score (nSPS) is 20.9. The molecule has 4 nitrogen and oxygen atoms in total. The summed E-state index contributed by atoms with van der Waals surface area (Å²) < 4.78 is 49.1. The molecule has 1 aromatic carbocycles. The predicted molar refractivity (Wildman–Crippen MR) is 74.2 cm³/mol. The van der Waals surface area contributed by atoms with Crippen LogP contribution in [-0.2, 0) is 13.8 Å². The highest BCUT2D eigenvalue weighted by Crippen LogP contribution is 2.31. The fraction of sp³-hybridized carbons (Fsp3) is 0.462. The molecule has 1 amide bonds. The first-order valence-electron chi connectivity index (χ1n) is 6.34. The van der Waals surface area contributed by atoms with Crippen LogP contribution in [0.5, 0.6) is 0 Å². The van der Waals surface area contributed by atoms with Crippen molar-refractivity contribution in [2.75, 3.05) is 12.3 Å². The molecule has 0 bridgehead atoms. The molecule has 1 aliphatic heterocycles. The Hall–Kier alpha value is -1.21. The van der Waals surface area contributed by atoms with Crippen molar-refractivity contribution in [2.24, 2.45) is 5.92 Å². The molecule has 116 valence electrons. The summed E-state index contributed by atoms with van der Waals surface area (Å²) in [5.41, 5.74) is 0.0673. The average Bonchev–Trinajstić information content (AvgIpc) is 2.70. The van der Waals surface area contributed by atoms with Crippen molar-refractivity contribution in [1.29, 1.82) is 0 Å². The van der Waals surface area contributed by atoms with Gasteiger partial charge in [0.1, 0.15) is 11.6 Å². The van der Waals surface area contributed by atoms with Crippen LogP contribution in [0.3, 0.4) is 0 Å². The van der Waals surface area contributed by atoms with Gasteiger partial charge < -0.3 is 4.90 Å². The van der Waals surface area contributed by atoms with E-state index in [1.807, 2.05) is 0 Å². The zero-order chi connectivity index (χ0) is 15.8. The Morgan fingerprint density at radius 2 is 2.10 bits per heavy atom. The van der Waals surface area contributed by atoms with E-state index in [1.54, 1.807) is 6.92 Å². The molecule has 0 aromatic heterocycles. The molecule has 1 aliphatic rings. The van der Waals surface area contributed by atoms with Gasteiger partial charge in [-0.15, -0.1) is 0 Å². The number of carbonyl (C=O) groups excluding carboxylic acids is 1. The first kappa shape index (κ1) is 16.2. The summed E-state index contributed by atoms with van der Waals surface area (Å²) in [6.45, 7) is 1.73. The van der Waals surface area contributed by atoms with Gasteiger partial charge in [0.2, 0.25) is 15.0 Å². The van der Waals surface area contributed by atoms with Gasteiger partial charge in [-0.1, -0.05) is 0 Å². The molecular formula is C13H14ClF2NO3S. The van der Waals surface area contributed by atoms with Gasteiger partial charge in [-0.3, -0.25) is 4.79 Å². The summed E-state index contributed by atoms with van der Waals surface area (Å²) in [4.78, 5) is 13.3. The number of likely N-dealkylation sites (tertiary alicyclic amines) is 1. The standard InChI is InChI=1S/C13H14ClF2NO3S/c1-8(11-5-10(15)2-3-12(11)16)17-6-9(4-13(17)18)7-21(14,19)20/h2-3,5,8-9H,4,6-7H2,1H3. The lowest BCUT2D eigenvalue weighted by molar-refractivity contribution is -0.129. The highest BCUT2D eigenvalue weighted by molar-refractivity contribution is 8.13. The molecule has 0 radical (unpaired) electrons. The molecule has 0 aliphatic carbocycles. The van der Waals surface area contributed by atoms with Crippen LogP contribution in [0.4, 0.5) is 8.78 Å². The van der Waals surface area contributed by atoms with Gasteiger partial charge in [-0.25, -0.2) is 17.2 Å². The van der Waals surface area contributed by atoms with Gasteiger partial charge in [-0.05, 0) is 25.1 Å². The monoisotopic (exact) mass is 337 g/mol. The molecule has 0 spiro atoms. The fourth-order valence-electron chi connectivity index (χ4n) is 2.58. The number of hydrogen-bond acceptors (Lipinski definition) is 3. The van der Waals surface area contributed by atoms with Gasteiger partial charge in [0.25, 0.3) is 0 Å². The van der Waals surface area contributed by atoms with E-state index in [4.69, 9.17) is 10.7 Å². The maximum absolute atomic E-state index is 13.7. The number of hydrogen-bond donors (Lipinski definition) is 0. The Labute approximate surface area is 126 Å². The van der Waals surface area contributed by atoms with Crippen LogP contribution in [-0.4, -0.2) is 31.5 Å². The van der Waals surface area contributed by atoms with E-state index in [-0.39, 0.29) is 30.2 Å². The van der Waals surface area contributed by atoms with Crippen molar-refractivity contribution in [1.82, 2.24) is 4.90 Å². The molecule has 1 saturated heterocycles. The fourth-order valence-corrected chi connectivity index (χ4v) is 3.90. The van der Waals surface area contributed by atoms with Crippen LogP contribution >= 0.6 is 10.7 Å². The third kappa shape index (κ3) is 3.91. The van der Waals surface area contributed by atoms with E-state index in [0.717, 1.165) is 18.2 Å². The Bertz CT molecular complexity index is 665. The Balaban J connectivity index is 2.18. The smallest absolute Gasteiger partial charge is 0.232 e. The molecule has 2 unspecified atom stereocenters. The third-order valence-electron chi connectivity index (χ3n) is 3.55. The SMILES string of the molecule is CC(c1cc(F)ccc1F)N1CC(CS(=O)(=O)Cl)CC1=O. The maximum Gasteiger partial charge on any atom is 0.232 e. The summed E-state index contributed by atoms with van der Waals surface area (Å²) in [6.07, 6.45) is 0.0349. The third-order valence-corrected chi connectivity index (χ3v) is 4.80. The zero-order valence-corrected chi connectivity index (χ0v) is 12.8. The molecule has 0 N–H and O–H groups in total. The van der Waals surface area contributed by atoms with Gasteiger partial charge >= 0.3 is 0 Å². The van der Waals surface area contributed by atoms with E-state index in [0.29, 0.717) is 0 Å². The van der Waals surface area contributed by atoms with E-state index < -0.39 is 32.6 Å². The van der Waals surface area contributed by atoms with Crippen LogP contribution in [0, 0.1) is 17.6 Å². The lowest BCUT2D eigenvalue weighted by Gasteiger charge is -2.25. The van der Waals surface area contributed by atoms with Crippen molar-refractivity contribution in [3.8, 4) is 0 Å².